The minimum absolute atomic E-state index is 0.103. The maximum absolute atomic E-state index is 14.0. The average Bonchev–Trinajstić information content (AvgIpc) is 3.32. The number of hydrogen-bond acceptors (Lipinski definition) is 8. The third-order valence-corrected chi connectivity index (χ3v) is 13.9. The minimum atomic E-state index is -0.399. The predicted octanol–water partition coefficient (Wildman–Crippen LogP) is 13.4. The highest BCUT2D eigenvalue weighted by Crippen LogP contribution is 2.46. The molecule has 66 heavy (non-hydrogen) atoms. The molecule has 0 atom stereocenters. The standard InChI is InChI=1S/C56H70N2O8/c1-3-5-7-9-11-13-15-17-19-21-37-65-47(59)25-23-35-57-53(61)43-31-27-39-41-29-33-45-52-46(34-30-42(50(41)52)40-28-32-44(54(57)62)51(43)49(39)40)56(64)58(55(45)63)36-24-26-48(60)66-38-22-20-18-16-14-12-10-8-6-4-2/h27-34H,3-26,35-38H2,1-2H3. The molecule has 2 aliphatic rings. The van der Waals surface area contributed by atoms with Gasteiger partial charge < -0.3 is 9.47 Å². The second kappa shape index (κ2) is 23.9. The van der Waals surface area contributed by atoms with E-state index in [1.807, 2.05) is 24.3 Å². The quantitative estimate of drug-likeness (QED) is 0.0147. The van der Waals surface area contributed by atoms with Gasteiger partial charge in [-0.3, -0.25) is 38.6 Å². The minimum Gasteiger partial charge on any atom is -0.466 e. The van der Waals surface area contributed by atoms with Crippen LogP contribution in [0, 0.1) is 0 Å². The summed E-state index contributed by atoms with van der Waals surface area (Å²) in [4.78, 5) is 83.6. The van der Waals surface area contributed by atoms with Crippen LogP contribution < -0.4 is 0 Å². The van der Waals surface area contributed by atoms with Crippen LogP contribution in [-0.2, 0) is 19.1 Å². The molecule has 0 unspecified atom stereocenters. The van der Waals surface area contributed by atoms with E-state index >= 15 is 0 Å². The van der Waals surface area contributed by atoms with Crippen LogP contribution in [0.4, 0.5) is 0 Å². The van der Waals surface area contributed by atoms with Crippen molar-refractivity contribution < 1.29 is 38.2 Å². The molecular weight excluding hydrogens is 829 g/mol. The molecule has 10 nitrogen and oxygen atoms in total. The van der Waals surface area contributed by atoms with Gasteiger partial charge in [-0.1, -0.05) is 154 Å². The molecule has 5 aromatic rings. The summed E-state index contributed by atoms with van der Waals surface area (Å²) in [6.07, 6.45) is 24.9. The summed E-state index contributed by atoms with van der Waals surface area (Å²) >= 11 is 0. The van der Waals surface area contributed by atoms with Crippen molar-refractivity contribution in [3.63, 3.8) is 0 Å². The van der Waals surface area contributed by atoms with E-state index in [1.54, 1.807) is 24.3 Å². The first-order valence-electron chi connectivity index (χ1n) is 25.5. The first-order valence-corrected chi connectivity index (χ1v) is 25.5. The van der Waals surface area contributed by atoms with Gasteiger partial charge in [-0.25, -0.2) is 0 Å². The number of benzene rings is 5. The molecule has 0 saturated heterocycles. The van der Waals surface area contributed by atoms with Gasteiger partial charge in [0.05, 0.1) is 13.2 Å². The van der Waals surface area contributed by atoms with Gasteiger partial charge in [-0.05, 0) is 82.3 Å². The summed E-state index contributed by atoms with van der Waals surface area (Å²) < 4.78 is 10.9. The van der Waals surface area contributed by atoms with E-state index in [-0.39, 0.29) is 37.9 Å². The highest BCUT2D eigenvalue weighted by molar-refractivity contribution is 6.41. The van der Waals surface area contributed by atoms with Gasteiger partial charge >= 0.3 is 11.9 Å². The van der Waals surface area contributed by atoms with Crippen LogP contribution >= 0.6 is 0 Å². The molecule has 0 aromatic heterocycles. The van der Waals surface area contributed by atoms with Gasteiger partial charge in [0.15, 0.2) is 0 Å². The van der Waals surface area contributed by atoms with Gasteiger partial charge in [0.25, 0.3) is 23.6 Å². The number of ether oxygens (including phenoxy) is 2. The van der Waals surface area contributed by atoms with E-state index in [0.29, 0.717) is 59.1 Å². The molecular formula is C56H70N2O8. The van der Waals surface area contributed by atoms with E-state index in [9.17, 15) is 28.8 Å². The van der Waals surface area contributed by atoms with Crippen molar-refractivity contribution in [1.82, 2.24) is 9.80 Å². The van der Waals surface area contributed by atoms with Crippen molar-refractivity contribution >= 4 is 78.7 Å². The largest absolute Gasteiger partial charge is 0.466 e. The third-order valence-electron chi connectivity index (χ3n) is 13.9. The molecule has 0 fully saturated rings. The molecule has 4 amide bonds. The lowest BCUT2D eigenvalue weighted by molar-refractivity contribution is -0.144. The number of esters is 2. The van der Waals surface area contributed by atoms with E-state index in [1.165, 1.54) is 99.7 Å². The van der Waals surface area contributed by atoms with Crippen LogP contribution in [0.3, 0.4) is 0 Å². The molecule has 0 radical (unpaired) electrons. The predicted molar refractivity (Wildman–Crippen MR) is 262 cm³/mol. The van der Waals surface area contributed by atoms with Crippen LogP contribution in [-0.4, -0.2) is 71.7 Å². The number of imide groups is 2. The van der Waals surface area contributed by atoms with Gasteiger partial charge in [0.1, 0.15) is 0 Å². The summed E-state index contributed by atoms with van der Waals surface area (Å²) in [6, 6.07) is 14.6. The van der Waals surface area contributed by atoms with Gasteiger partial charge in [0.2, 0.25) is 0 Å². The van der Waals surface area contributed by atoms with Crippen molar-refractivity contribution in [2.24, 2.45) is 0 Å². The normalized spacial score (nSPS) is 13.7. The second-order valence-electron chi connectivity index (χ2n) is 18.7. The van der Waals surface area contributed by atoms with Gasteiger partial charge in [-0.2, -0.15) is 0 Å². The summed E-state index contributed by atoms with van der Waals surface area (Å²) in [7, 11) is 0. The molecule has 352 valence electrons. The Morgan fingerprint density at radius 2 is 0.636 bits per heavy atom. The number of carbonyl (C=O) groups is 6. The molecule has 2 heterocycles. The van der Waals surface area contributed by atoms with Crippen LogP contribution in [0.1, 0.15) is 209 Å². The third kappa shape index (κ3) is 11.1. The van der Waals surface area contributed by atoms with Crippen molar-refractivity contribution in [1.29, 1.82) is 0 Å². The maximum Gasteiger partial charge on any atom is 0.305 e. The zero-order valence-electron chi connectivity index (χ0n) is 39.6. The number of hydrogen-bond donors (Lipinski definition) is 0. The number of unbranched alkanes of at least 4 members (excludes halogenated alkanes) is 18. The average molecular weight is 899 g/mol. The molecule has 0 bridgehead atoms. The number of carbonyl (C=O) groups excluding carboxylic acids is 6. The van der Waals surface area contributed by atoms with Crippen LogP contribution in [0.2, 0.25) is 0 Å². The number of fused-ring (bicyclic) bond motifs is 2. The molecule has 0 saturated carbocycles. The summed E-state index contributed by atoms with van der Waals surface area (Å²) in [6.45, 7) is 5.45. The molecule has 7 rings (SSSR count). The zero-order chi connectivity index (χ0) is 46.4. The Balaban J connectivity index is 0.939. The Morgan fingerprint density at radius 3 is 0.924 bits per heavy atom. The fourth-order valence-corrected chi connectivity index (χ4v) is 10.2. The Kier molecular flexibility index (Phi) is 17.6. The second-order valence-corrected chi connectivity index (χ2v) is 18.7. The first-order chi connectivity index (χ1) is 32.3. The van der Waals surface area contributed by atoms with E-state index in [0.717, 1.165) is 70.8 Å². The Hall–Kier alpha value is -5.38. The van der Waals surface area contributed by atoms with Crippen molar-refractivity contribution in [2.45, 2.75) is 168 Å². The molecule has 0 aliphatic carbocycles. The van der Waals surface area contributed by atoms with E-state index < -0.39 is 23.6 Å². The Bertz CT molecular complexity index is 2230. The summed E-state index contributed by atoms with van der Waals surface area (Å²) in [5, 5.41) is 6.02. The highest BCUT2D eigenvalue weighted by atomic mass is 16.5. The van der Waals surface area contributed by atoms with Crippen molar-refractivity contribution in [3.8, 4) is 0 Å². The van der Waals surface area contributed by atoms with Crippen LogP contribution in [0.15, 0.2) is 48.5 Å². The Labute approximate surface area is 390 Å². The summed E-state index contributed by atoms with van der Waals surface area (Å²) in [5.41, 5.74) is 1.69. The van der Waals surface area contributed by atoms with E-state index in [4.69, 9.17) is 9.47 Å². The van der Waals surface area contributed by atoms with Gasteiger partial charge in [0, 0.05) is 59.0 Å². The smallest absolute Gasteiger partial charge is 0.305 e. The number of nitrogens with zero attached hydrogens (tertiary/aromatic N) is 2. The van der Waals surface area contributed by atoms with Gasteiger partial charge in [-0.15, -0.1) is 0 Å². The molecule has 5 aromatic carbocycles. The zero-order valence-corrected chi connectivity index (χ0v) is 39.6. The van der Waals surface area contributed by atoms with Crippen LogP contribution in [0.25, 0.3) is 43.1 Å². The monoisotopic (exact) mass is 899 g/mol. The molecule has 0 spiro atoms. The first kappa shape index (κ1) is 48.6. The molecule has 10 heteroatoms. The lowest BCUT2D eigenvalue weighted by Crippen LogP contribution is -2.41. The number of amides is 4. The Morgan fingerprint density at radius 1 is 0.364 bits per heavy atom. The topological polar surface area (TPSA) is 127 Å². The highest BCUT2D eigenvalue weighted by Gasteiger charge is 2.37. The lowest BCUT2D eigenvalue weighted by atomic mass is 9.82. The van der Waals surface area contributed by atoms with Crippen molar-refractivity contribution in [2.75, 3.05) is 26.3 Å². The van der Waals surface area contributed by atoms with Crippen LogP contribution in [0.5, 0.6) is 0 Å². The molecule has 2 aliphatic heterocycles. The fourth-order valence-electron chi connectivity index (χ4n) is 10.2. The number of rotatable bonds is 30. The SMILES string of the molecule is CCCCCCCCCCCCOC(=O)CCCN1C(=O)c2ccc3c4ccc5c6c(ccc(c7ccc(c2c37)C1=O)c64)C(=O)N(CCCC(=O)OCCCCCCCCCCCC)C5=O. The molecule has 0 N–H and O–H groups in total. The van der Waals surface area contributed by atoms with E-state index in [2.05, 4.69) is 13.8 Å². The fraction of sp³-hybridized carbons (Fsp3) is 0.536. The van der Waals surface area contributed by atoms with Crippen molar-refractivity contribution in [3.05, 3.63) is 70.8 Å². The maximum atomic E-state index is 14.0. The lowest BCUT2D eigenvalue weighted by Gasteiger charge is -2.30. The summed E-state index contributed by atoms with van der Waals surface area (Å²) in [5.74, 6) is -2.23.